The fourth-order valence-corrected chi connectivity index (χ4v) is 2.63. The highest BCUT2D eigenvalue weighted by Gasteiger charge is 2.10. The normalized spacial score (nSPS) is 10.2. The number of methoxy groups -OCH3 is 1. The average molecular weight is 469 g/mol. The quantitative estimate of drug-likeness (QED) is 0.432. The van der Waals surface area contributed by atoms with Gasteiger partial charge in [0.2, 0.25) is 11.8 Å². The van der Waals surface area contributed by atoms with Crippen LogP contribution in [0.1, 0.15) is 15.9 Å². The number of amides is 2. The largest absolute Gasteiger partial charge is 0.475 e. The third kappa shape index (κ3) is 6.60. The predicted octanol–water partition coefficient (Wildman–Crippen LogP) is 1.76. The van der Waals surface area contributed by atoms with Gasteiger partial charge in [-0.2, -0.15) is 0 Å². The predicted molar refractivity (Wildman–Crippen MR) is 105 cm³/mol. The van der Waals surface area contributed by atoms with Gasteiger partial charge in [-0.3, -0.25) is 9.59 Å². The summed E-state index contributed by atoms with van der Waals surface area (Å²) in [5.41, 5.74) is 1.38. The first-order valence-electron chi connectivity index (χ1n) is 7.96. The number of aromatic nitrogens is 1. The van der Waals surface area contributed by atoms with E-state index >= 15 is 0 Å². The summed E-state index contributed by atoms with van der Waals surface area (Å²) in [5.74, 6) is -0.0454. The van der Waals surface area contributed by atoms with Crippen LogP contribution < -0.4 is 15.4 Å². The topological polar surface area (TPSA) is 89.5 Å². The molecule has 2 aromatic rings. The number of carbonyl (C=O) groups excluding carboxylic acids is 2. The Morgan fingerprint density at radius 2 is 1.92 bits per heavy atom. The molecular formula is C18H20IN3O4. The summed E-state index contributed by atoms with van der Waals surface area (Å²) in [7, 11) is 1.60. The van der Waals surface area contributed by atoms with Crippen LogP contribution in [0.3, 0.4) is 0 Å². The molecule has 0 saturated carbocycles. The molecule has 26 heavy (non-hydrogen) atoms. The molecule has 1 aromatic carbocycles. The van der Waals surface area contributed by atoms with Gasteiger partial charge < -0.3 is 20.1 Å². The lowest BCUT2D eigenvalue weighted by Crippen LogP contribution is -2.36. The summed E-state index contributed by atoms with van der Waals surface area (Å²) in [4.78, 5) is 28.1. The number of nitrogens with one attached hydrogen (secondary N) is 2. The number of carbonyl (C=O) groups is 2. The molecule has 0 spiro atoms. The van der Waals surface area contributed by atoms with Gasteiger partial charge in [0.25, 0.3) is 5.91 Å². The van der Waals surface area contributed by atoms with E-state index in [0.29, 0.717) is 31.2 Å². The molecular weight excluding hydrogens is 449 g/mol. The van der Waals surface area contributed by atoms with Crippen molar-refractivity contribution in [2.24, 2.45) is 0 Å². The maximum Gasteiger partial charge on any atom is 0.252 e. The van der Waals surface area contributed by atoms with Crippen LogP contribution >= 0.6 is 22.6 Å². The fourth-order valence-electron chi connectivity index (χ4n) is 1.99. The molecule has 1 aromatic heterocycles. The van der Waals surface area contributed by atoms with Gasteiger partial charge >= 0.3 is 0 Å². The number of halogens is 1. The summed E-state index contributed by atoms with van der Waals surface area (Å²) >= 11 is 2.08. The second-order valence-corrected chi connectivity index (χ2v) is 6.45. The Labute approximate surface area is 165 Å². The third-order valence-corrected chi connectivity index (χ3v) is 4.29. The molecule has 0 radical (unpaired) electrons. The molecule has 7 nitrogen and oxygen atoms in total. The van der Waals surface area contributed by atoms with E-state index in [9.17, 15) is 9.59 Å². The molecule has 2 N–H and O–H groups in total. The minimum atomic E-state index is -0.274. The van der Waals surface area contributed by atoms with Gasteiger partial charge in [-0.15, -0.1) is 0 Å². The highest BCUT2D eigenvalue weighted by atomic mass is 127. The van der Waals surface area contributed by atoms with Crippen molar-refractivity contribution in [2.75, 3.05) is 26.9 Å². The van der Waals surface area contributed by atoms with Gasteiger partial charge in [0.05, 0.1) is 18.7 Å². The summed E-state index contributed by atoms with van der Waals surface area (Å²) in [6.07, 6.45) is 1.63. The highest BCUT2D eigenvalue weighted by molar-refractivity contribution is 14.1. The van der Waals surface area contributed by atoms with E-state index in [1.165, 1.54) is 0 Å². The van der Waals surface area contributed by atoms with Crippen LogP contribution in [0.25, 0.3) is 0 Å². The van der Waals surface area contributed by atoms with Gasteiger partial charge in [0, 0.05) is 29.5 Å². The molecule has 2 amide bonds. The van der Waals surface area contributed by atoms with Crippen LogP contribution in [-0.4, -0.2) is 43.7 Å². The van der Waals surface area contributed by atoms with E-state index in [1.54, 1.807) is 31.5 Å². The van der Waals surface area contributed by atoms with Crippen molar-refractivity contribution < 1.29 is 19.1 Å². The second-order valence-electron chi connectivity index (χ2n) is 5.29. The molecule has 0 bridgehead atoms. The molecule has 138 valence electrons. The number of hydrogen-bond donors (Lipinski definition) is 2. The van der Waals surface area contributed by atoms with Gasteiger partial charge in [-0.25, -0.2) is 4.98 Å². The SMILES string of the molecule is COCCOc1ccc(CNC(=O)CNC(=O)c2ccccc2I)cn1. The first kappa shape index (κ1) is 20.1. The van der Waals surface area contributed by atoms with Crippen molar-refractivity contribution in [3.05, 3.63) is 57.3 Å². The van der Waals surface area contributed by atoms with Crippen molar-refractivity contribution in [2.45, 2.75) is 6.54 Å². The molecule has 0 aliphatic carbocycles. The van der Waals surface area contributed by atoms with Crippen LogP contribution in [0.2, 0.25) is 0 Å². The molecule has 0 aliphatic heterocycles. The number of benzene rings is 1. The number of pyridine rings is 1. The van der Waals surface area contributed by atoms with Gasteiger partial charge in [0.15, 0.2) is 0 Å². The van der Waals surface area contributed by atoms with Crippen molar-refractivity contribution in [3.63, 3.8) is 0 Å². The number of ether oxygens (including phenoxy) is 2. The molecule has 2 rings (SSSR count). The van der Waals surface area contributed by atoms with Gasteiger partial charge in [-0.05, 0) is 40.3 Å². The van der Waals surface area contributed by atoms with Crippen molar-refractivity contribution >= 4 is 34.4 Å². The monoisotopic (exact) mass is 469 g/mol. The lowest BCUT2D eigenvalue weighted by Gasteiger charge is -2.09. The van der Waals surface area contributed by atoms with E-state index in [0.717, 1.165) is 9.13 Å². The van der Waals surface area contributed by atoms with Gasteiger partial charge in [-0.1, -0.05) is 18.2 Å². The minimum absolute atomic E-state index is 0.0878. The van der Waals surface area contributed by atoms with Crippen LogP contribution in [-0.2, 0) is 16.1 Å². The molecule has 0 fully saturated rings. The van der Waals surface area contributed by atoms with E-state index in [2.05, 4.69) is 38.2 Å². The Hall–Kier alpha value is -2.20. The molecule has 0 unspecified atom stereocenters. The summed E-state index contributed by atoms with van der Waals surface area (Å²) in [5, 5.41) is 5.35. The summed E-state index contributed by atoms with van der Waals surface area (Å²) < 4.78 is 11.1. The molecule has 1 heterocycles. The Morgan fingerprint density at radius 1 is 1.12 bits per heavy atom. The average Bonchev–Trinajstić information content (AvgIpc) is 2.66. The smallest absolute Gasteiger partial charge is 0.252 e. The number of nitrogens with zero attached hydrogens (tertiary/aromatic N) is 1. The lowest BCUT2D eigenvalue weighted by molar-refractivity contribution is -0.120. The van der Waals surface area contributed by atoms with Crippen molar-refractivity contribution in [1.29, 1.82) is 0 Å². The van der Waals surface area contributed by atoms with E-state index in [4.69, 9.17) is 9.47 Å². The highest BCUT2D eigenvalue weighted by Crippen LogP contribution is 2.11. The van der Waals surface area contributed by atoms with E-state index < -0.39 is 0 Å². The maximum absolute atomic E-state index is 12.1. The molecule has 0 aliphatic rings. The first-order valence-corrected chi connectivity index (χ1v) is 9.04. The Kier molecular flexibility index (Phi) is 8.29. The standard InChI is InChI=1S/C18H20IN3O4/c1-25-8-9-26-17-7-6-13(11-21-17)10-20-16(23)12-22-18(24)14-4-2-3-5-15(14)19/h2-7,11H,8-10,12H2,1H3,(H,20,23)(H,22,24). The third-order valence-electron chi connectivity index (χ3n) is 3.35. The zero-order valence-electron chi connectivity index (χ0n) is 14.3. The maximum atomic E-state index is 12.1. The molecule has 0 saturated heterocycles. The van der Waals surface area contributed by atoms with E-state index in [1.807, 2.05) is 18.2 Å². The van der Waals surface area contributed by atoms with Crippen molar-refractivity contribution in [3.8, 4) is 5.88 Å². The Morgan fingerprint density at radius 3 is 2.62 bits per heavy atom. The number of hydrogen-bond acceptors (Lipinski definition) is 5. The Balaban J connectivity index is 1.73. The van der Waals surface area contributed by atoms with Crippen molar-refractivity contribution in [1.82, 2.24) is 15.6 Å². The summed E-state index contributed by atoms with van der Waals surface area (Å²) in [6.45, 7) is 1.16. The molecule has 8 heteroatoms. The van der Waals surface area contributed by atoms with Crippen LogP contribution in [0, 0.1) is 3.57 Å². The zero-order valence-corrected chi connectivity index (χ0v) is 16.5. The lowest BCUT2D eigenvalue weighted by atomic mass is 10.2. The van der Waals surface area contributed by atoms with Crippen LogP contribution in [0.5, 0.6) is 5.88 Å². The first-order chi connectivity index (χ1) is 12.6. The fraction of sp³-hybridized carbons (Fsp3) is 0.278. The minimum Gasteiger partial charge on any atom is -0.475 e. The molecule has 0 atom stereocenters. The number of rotatable bonds is 9. The Bertz CT molecular complexity index is 737. The zero-order chi connectivity index (χ0) is 18.8. The van der Waals surface area contributed by atoms with Gasteiger partial charge in [0.1, 0.15) is 6.61 Å². The van der Waals surface area contributed by atoms with Crippen LogP contribution in [0.4, 0.5) is 0 Å². The van der Waals surface area contributed by atoms with Crippen LogP contribution in [0.15, 0.2) is 42.6 Å². The second kappa shape index (κ2) is 10.7. The summed E-state index contributed by atoms with van der Waals surface area (Å²) in [6, 6.07) is 10.7. The van der Waals surface area contributed by atoms with E-state index in [-0.39, 0.29) is 18.4 Å².